The van der Waals surface area contributed by atoms with Gasteiger partial charge in [0, 0.05) is 6.04 Å². The first-order chi connectivity index (χ1) is 12.7. The fourth-order valence-corrected chi connectivity index (χ4v) is 4.54. The number of carbonyl (C=O) groups is 1. The molecular weight excluding hydrogens is 360 g/mol. The molecule has 2 rings (SSSR count). The average molecular weight is 389 g/mol. The quantitative estimate of drug-likeness (QED) is 0.750. The van der Waals surface area contributed by atoms with Crippen LogP contribution in [0.15, 0.2) is 65.6 Å². The van der Waals surface area contributed by atoms with Gasteiger partial charge in [-0.3, -0.25) is 9.10 Å². The van der Waals surface area contributed by atoms with Gasteiger partial charge in [0.15, 0.2) is 0 Å². The molecule has 0 heterocycles. The van der Waals surface area contributed by atoms with Crippen LogP contribution in [0.4, 0.5) is 5.69 Å². The van der Waals surface area contributed by atoms with Crippen molar-refractivity contribution < 1.29 is 13.2 Å². The molecule has 0 fully saturated rings. The minimum Gasteiger partial charge on any atom is -0.351 e. The zero-order chi connectivity index (χ0) is 20.0. The molecule has 0 bridgehead atoms. The van der Waals surface area contributed by atoms with Gasteiger partial charge in [-0.1, -0.05) is 64.1 Å². The van der Waals surface area contributed by atoms with Crippen molar-refractivity contribution in [2.75, 3.05) is 10.8 Å². The minimum atomic E-state index is -3.85. The molecule has 0 aliphatic heterocycles. The SMILES string of the molecule is CC(C)C(NC(=O)CN(c1ccccc1)S(=O)(=O)c1ccccc1)C(C)C. The first kappa shape index (κ1) is 21.0. The molecule has 0 saturated heterocycles. The lowest BCUT2D eigenvalue weighted by atomic mass is 9.93. The van der Waals surface area contributed by atoms with Gasteiger partial charge >= 0.3 is 0 Å². The summed E-state index contributed by atoms with van der Waals surface area (Å²) in [5, 5.41) is 2.99. The monoisotopic (exact) mass is 388 g/mol. The lowest BCUT2D eigenvalue weighted by Gasteiger charge is -2.29. The van der Waals surface area contributed by atoms with E-state index >= 15 is 0 Å². The lowest BCUT2D eigenvalue weighted by Crippen LogP contribution is -2.47. The normalized spacial score (nSPS) is 11.8. The van der Waals surface area contributed by atoms with Crippen LogP contribution in [0, 0.1) is 11.8 Å². The molecule has 0 atom stereocenters. The standard InChI is InChI=1S/C21H28N2O3S/c1-16(2)21(17(3)4)22-20(24)15-23(18-11-7-5-8-12-18)27(25,26)19-13-9-6-10-14-19/h5-14,16-17,21H,15H2,1-4H3,(H,22,24). The Hall–Kier alpha value is -2.34. The second-order valence-electron chi connectivity index (χ2n) is 7.24. The Morgan fingerprint density at radius 1 is 0.889 bits per heavy atom. The summed E-state index contributed by atoms with van der Waals surface area (Å²) in [6.45, 7) is 7.90. The highest BCUT2D eigenvalue weighted by Crippen LogP contribution is 2.23. The summed E-state index contributed by atoms with van der Waals surface area (Å²) < 4.78 is 27.5. The number of hydrogen-bond acceptors (Lipinski definition) is 3. The maximum absolute atomic E-state index is 13.2. The molecule has 1 amide bonds. The van der Waals surface area contributed by atoms with Crippen molar-refractivity contribution in [3.05, 3.63) is 60.7 Å². The van der Waals surface area contributed by atoms with E-state index in [1.54, 1.807) is 42.5 Å². The zero-order valence-electron chi connectivity index (χ0n) is 16.3. The van der Waals surface area contributed by atoms with Crippen molar-refractivity contribution in [2.45, 2.75) is 38.6 Å². The number of sulfonamides is 1. The lowest BCUT2D eigenvalue weighted by molar-refractivity contribution is -0.121. The van der Waals surface area contributed by atoms with Gasteiger partial charge in [0.2, 0.25) is 5.91 Å². The number of nitrogens with one attached hydrogen (secondary N) is 1. The van der Waals surface area contributed by atoms with E-state index in [4.69, 9.17) is 0 Å². The van der Waals surface area contributed by atoms with Crippen molar-refractivity contribution in [2.24, 2.45) is 11.8 Å². The largest absolute Gasteiger partial charge is 0.351 e. The number of carbonyl (C=O) groups excluding carboxylic acids is 1. The van der Waals surface area contributed by atoms with Crippen LogP contribution in [0.2, 0.25) is 0 Å². The molecule has 1 N–H and O–H groups in total. The highest BCUT2D eigenvalue weighted by molar-refractivity contribution is 7.92. The van der Waals surface area contributed by atoms with Crippen LogP contribution in [0.25, 0.3) is 0 Å². The Balaban J connectivity index is 2.34. The van der Waals surface area contributed by atoms with E-state index in [9.17, 15) is 13.2 Å². The van der Waals surface area contributed by atoms with Crippen molar-refractivity contribution in [3.63, 3.8) is 0 Å². The van der Waals surface area contributed by atoms with Crippen LogP contribution in [-0.4, -0.2) is 26.9 Å². The van der Waals surface area contributed by atoms with Crippen molar-refractivity contribution >= 4 is 21.6 Å². The van der Waals surface area contributed by atoms with Crippen molar-refractivity contribution in [1.82, 2.24) is 5.32 Å². The van der Waals surface area contributed by atoms with Crippen molar-refractivity contribution in [1.29, 1.82) is 0 Å². The van der Waals surface area contributed by atoms with Crippen LogP contribution in [-0.2, 0) is 14.8 Å². The topological polar surface area (TPSA) is 66.5 Å². The van der Waals surface area contributed by atoms with Crippen LogP contribution in [0.1, 0.15) is 27.7 Å². The third-order valence-electron chi connectivity index (χ3n) is 4.43. The predicted molar refractivity (Wildman–Crippen MR) is 109 cm³/mol. The zero-order valence-corrected chi connectivity index (χ0v) is 17.1. The molecule has 6 heteroatoms. The summed E-state index contributed by atoms with van der Waals surface area (Å²) in [6, 6.07) is 16.9. The number of anilines is 1. The summed E-state index contributed by atoms with van der Waals surface area (Å²) in [5.74, 6) is 0.195. The smallest absolute Gasteiger partial charge is 0.264 e. The molecule has 0 aliphatic rings. The molecular formula is C21H28N2O3S. The van der Waals surface area contributed by atoms with Gasteiger partial charge in [-0.25, -0.2) is 8.42 Å². The molecule has 0 unspecified atom stereocenters. The number of nitrogens with zero attached hydrogens (tertiary/aromatic N) is 1. The molecule has 0 saturated carbocycles. The van der Waals surface area contributed by atoms with Crippen LogP contribution in [0.5, 0.6) is 0 Å². The van der Waals surface area contributed by atoms with Crippen LogP contribution in [0.3, 0.4) is 0 Å². The Labute approximate surface area is 162 Å². The Bertz CT molecular complexity index is 826. The molecule has 0 aliphatic carbocycles. The third-order valence-corrected chi connectivity index (χ3v) is 6.21. The van der Waals surface area contributed by atoms with E-state index in [-0.39, 0.29) is 35.2 Å². The van der Waals surface area contributed by atoms with Gasteiger partial charge in [-0.15, -0.1) is 0 Å². The van der Waals surface area contributed by atoms with E-state index in [0.717, 1.165) is 4.31 Å². The number of para-hydroxylation sites is 1. The second-order valence-corrected chi connectivity index (χ2v) is 9.10. The molecule has 0 spiro atoms. The Morgan fingerprint density at radius 3 is 1.85 bits per heavy atom. The van der Waals surface area contributed by atoms with Gasteiger partial charge < -0.3 is 5.32 Å². The third kappa shape index (κ3) is 5.32. The molecule has 2 aromatic carbocycles. The Kier molecular flexibility index (Phi) is 7.02. The number of benzene rings is 2. The summed E-state index contributed by atoms with van der Waals surface area (Å²) in [4.78, 5) is 12.9. The fraction of sp³-hybridized carbons (Fsp3) is 0.381. The van der Waals surface area contributed by atoms with Crippen LogP contribution >= 0.6 is 0 Å². The minimum absolute atomic E-state index is 0.0189. The molecule has 2 aromatic rings. The van der Waals surface area contributed by atoms with E-state index in [0.29, 0.717) is 5.69 Å². The Morgan fingerprint density at radius 2 is 1.37 bits per heavy atom. The number of rotatable bonds is 8. The van der Waals surface area contributed by atoms with Gasteiger partial charge in [0.05, 0.1) is 10.6 Å². The molecule has 0 radical (unpaired) electrons. The maximum Gasteiger partial charge on any atom is 0.264 e. The molecule has 5 nitrogen and oxygen atoms in total. The summed E-state index contributed by atoms with van der Waals surface area (Å²) in [5.41, 5.74) is 0.460. The first-order valence-corrected chi connectivity index (χ1v) is 10.6. The number of hydrogen-bond donors (Lipinski definition) is 1. The van der Waals surface area contributed by atoms with Crippen LogP contribution < -0.4 is 9.62 Å². The fourth-order valence-electron chi connectivity index (χ4n) is 3.09. The van der Waals surface area contributed by atoms with E-state index < -0.39 is 10.0 Å². The maximum atomic E-state index is 13.2. The summed E-state index contributed by atoms with van der Waals surface area (Å²) >= 11 is 0. The highest BCUT2D eigenvalue weighted by atomic mass is 32.2. The number of amides is 1. The summed E-state index contributed by atoms with van der Waals surface area (Å²) in [7, 11) is -3.85. The van der Waals surface area contributed by atoms with E-state index in [1.807, 2.05) is 33.8 Å². The molecule has 146 valence electrons. The van der Waals surface area contributed by atoms with E-state index in [1.165, 1.54) is 12.1 Å². The van der Waals surface area contributed by atoms with Gasteiger partial charge in [-0.05, 0) is 36.1 Å². The average Bonchev–Trinajstić information content (AvgIpc) is 2.65. The molecule has 27 heavy (non-hydrogen) atoms. The first-order valence-electron chi connectivity index (χ1n) is 9.15. The second kappa shape index (κ2) is 9.04. The highest BCUT2D eigenvalue weighted by Gasteiger charge is 2.28. The van der Waals surface area contributed by atoms with Gasteiger partial charge in [0.1, 0.15) is 6.54 Å². The van der Waals surface area contributed by atoms with Gasteiger partial charge in [-0.2, -0.15) is 0 Å². The molecule has 0 aromatic heterocycles. The van der Waals surface area contributed by atoms with E-state index in [2.05, 4.69) is 5.32 Å². The predicted octanol–water partition coefficient (Wildman–Crippen LogP) is 3.68. The van der Waals surface area contributed by atoms with Crippen molar-refractivity contribution in [3.8, 4) is 0 Å². The van der Waals surface area contributed by atoms with Gasteiger partial charge in [0.25, 0.3) is 10.0 Å². The summed E-state index contributed by atoms with van der Waals surface area (Å²) in [6.07, 6.45) is 0.